The van der Waals surface area contributed by atoms with Crippen LogP contribution in [0.3, 0.4) is 0 Å². The molecule has 0 amide bonds. The zero-order chi connectivity index (χ0) is 21.6. The van der Waals surface area contributed by atoms with Crippen molar-refractivity contribution in [3.8, 4) is 17.2 Å². The van der Waals surface area contributed by atoms with Gasteiger partial charge in [0.25, 0.3) is 0 Å². The van der Waals surface area contributed by atoms with E-state index in [1.807, 2.05) is 6.92 Å². The maximum absolute atomic E-state index is 12.6. The van der Waals surface area contributed by atoms with Crippen LogP contribution in [0.25, 0.3) is 0 Å². The van der Waals surface area contributed by atoms with Crippen LogP contribution in [0, 0.1) is 11.8 Å². The van der Waals surface area contributed by atoms with Crippen LogP contribution in [0.2, 0.25) is 0 Å². The van der Waals surface area contributed by atoms with Gasteiger partial charge in [0.1, 0.15) is 17.2 Å². The molecule has 0 N–H and O–H groups in total. The monoisotopic (exact) mass is 410 g/mol. The van der Waals surface area contributed by atoms with E-state index in [1.54, 1.807) is 45.0 Å². The smallest absolute Gasteiger partial charge is 0.416 e. The van der Waals surface area contributed by atoms with Crippen molar-refractivity contribution in [1.82, 2.24) is 0 Å². The number of carbonyl (C=O) groups is 1. The minimum atomic E-state index is -4.38. The van der Waals surface area contributed by atoms with Crippen LogP contribution in [0.5, 0.6) is 17.2 Å². The number of carbonyl (C=O) groups excluding carboxylic acids is 1. The van der Waals surface area contributed by atoms with Crippen molar-refractivity contribution < 1.29 is 32.2 Å². The van der Waals surface area contributed by atoms with Crippen molar-refractivity contribution >= 4 is 5.97 Å². The lowest BCUT2D eigenvalue weighted by Gasteiger charge is -2.20. The highest BCUT2D eigenvalue weighted by Gasteiger charge is 2.30. The average molecular weight is 410 g/mol. The van der Waals surface area contributed by atoms with Crippen molar-refractivity contribution in [3.63, 3.8) is 0 Å². The molecule has 29 heavy (non-hydrogen) atoms. The summed E-state index contributed by atoms with van der Waals surface area (Å²) in [5.41, 5.74) is -0.728. The Bertz CT molecular complexity index is 783. The Hall–Kier alpha value is -2.70. The summed E-state index contributed by atoms with van der Waals surface area (Å²) < 4.78 is 54.2. The normalized spacial score (nSPS) is 13.7. The highest BCUT2D eigenvalue weighted by Crippen LogP contribution is 2.31. The lowest BCUT2D eigenvalue weighted by atomic mass is 9.97. The molecule has 0 aromatic heterocycles. The SMILES string of the molecule is CC(C)OC(=O)C(C)C(C)COc1ccc(Oc2ccc(C(F)(F)F)cc2)cc1. The van der Waals surface area contributed by atoms with Crippen molar-refractivity contribution in [2.75, 3.05) is 6.61 Å². The van der Waals surface area contributed by atoms with E-state index in [1.165, 1.54) is 12.1 Å². The molecule has 2 aromatic carbocycles. The number of ether oxygens (including phenoxy) is 3. The quantitative estimate of drug-likeness (QED) is 0.493. The molecule has 0 fully saturated rings. The van der Waals surface area contributed by atoms with E-state index in [9.17, 15) is 18.0 Å². The summed E-state index contributed by atoms with van der Waals surface area (Å²) in [4.78, 5) is 11.9. The average Bonchev–Trinajstić information content (AvgIpc) is 2.65. The summed E-state index contributed by atoms with van der Waals surface area (Å²) in [7, 11) is 0. The second kappa shape index (κ2) is 9.67. The molecule has 0 saturated heterocycles. The molecule has 2 rings (SSSR count). The lowest BCUT2D eigenvalue weighted by Crippen LogP contribution is -2.27. The van der Waals surface area contributed by atoms with Gasteiger partial charge in [-0.05, 0) is 62.4 Å². The maximum atomic E-state index is 12.6. The van der Waals surface area contributed by atoms with Gasteiger partial charge in [-0.25, -0.2) is 0 Å². The highest BCUT2D eigenvalue weighted by atomic mass is 19.4. The van der Waals surface area contributed by atoms with Gasteiger partial charge in [0, 0.05) is 5.92 Å². The number of rotatable bonds is 8. The standard InChI is InChI=1S/C22H25F3O4/c1-14(2)28-21(26)16(4)15(3)13-27-18-9-11-20(12-10-18)29-19-7-5-17(6-8-19)22(23,24)25/h5-12,14-16H,13H2,1-4H3. The Morgan fingerprint density at radius 1 is 0.862 bits per heavy atom. The van der Waals surface area contributed by atoms with E-state index in [0.29, 0.717) is 23.9 Å². The van der Waals surface area contributed by atoms with Crippen molar-refractivity contribution in [3.05, 3.63) is 54.1 Å². The number of esters is 1. The lowest BCUT2D eigenvalue weighted by molar-refractivity contribution is -0.153. The minimum absolute atomic E-state index is 0.0377. The Morgan fingerprint density at radius 2 is 1.34 bits per heavy atom. The summed E-state index contributed by atoms with van der Waals surface area (Å²) in [6.45, 7) is 7.67. The van der Waals surface area contributed by atoms with Crippen LogP contribution in [0.1, 0.15) is 33.3 Å². The van der Waals surface area contributed by atoms with Gasteiger partial charge >= 0.3 is 12.1 Å². The van der Waals surface area contributed by atoms with Crippen LogP contribution in [0.15, 0.2) is 48.5 Å². The zero-order valence-corrected chi connectivity index (χ0v) is 16.8. The summed E-state index contributed by atoms with van der Waals surface area (Å²) in [5.74, 6) is 0.790. The molecule has 0 spiro atoms. The molecule has 7 heteroatoms. The first kappa shape index (κ1) is 22.6. The second-order valence-electron chi connectivity index (χ2n) is 7.16. The predicted octanol–water partition coefficient (Wildman–Crippen LogP) is 6.10. The topological polar surface area (TPSA) is 44.8 Å². The summed E-state index contributed by atoms with van der Waals surface area (Å²) in [5, 5.41) is 0. The predicted molar refractivity (Wildman–Crippen MR) is 103 cm³/mol. The number of benzene rings is 2. The van der Waals surface area contributed by atoms with Crippen LogP contribution in [0.4, 0.5) is 13.2 Å². The molecule has 0 aliphatic rings. The third kappa shape index (κ3) is 7.00. The van der Waals surface area contributed by atoms with Gasteiger partial charge in [-0.2, -0.15) is 13.2 Å². The van der Waals surface area contributed by atoms with Gasteiger partial charge in [-0.1, -0.05) is 13.8 Å². The molecule has 0 radical (unpaired) electrons. The van der Waals surface area contributed by atoms with Crippen molar-refractivity contribution in [2.45, 2.75) is 40.0 Å². The summed E-state index contributed by atoms with van der Waals surface area (Å²) in [6, 6.07) is 11.2. The first-order chi connectivity index (χ1) is 13.6. The van der Waals surface area contributed by atoms with E-state index in [0.717, 1.165) is 12.1 Å². The van der Waals surface area contributed by atoms with Gasteiger partial charge in [0.15, 0.2) is 0 Å². The Balaban J connectivity index is 1.87. The molecule has 2 aromatic rings. The zero-order valence-electron chi connectivity index (χ0n) is 16.8. The fourth-order valence-corrected chi connectivity index (χ4v) is 2.40. The van der Waals surface area contributed by atoms with Crippen LogP contribution >= 0.6 is 0 Å². The Kier molecular flexibility index (Phi) is 7.53. The molecule has 0 heterocycles. The van der Waals surface area contributed by atoms with E-state index in [-0.39, 0.29) is 23.9 Å². The number of alkyl halides is 3. The van der Waals surface area contributed by atoms with E-state index >= 15 is 0 Å². The molecule has 2 unspecified atom stereocenters. The molecule has 0 saturated carbocycles. The maximum Gasteiger partial charge on any atom is 0.416 e. The number of halogens is 3. The molecule has 0 bridgehead atoms. The van der Waals surface area contributed by atoms with Crippen LogP contribution in [-0.4, -0.2) is 18.7 Å². The van der Waals surface area contributed by atoms with Gasteiger partial charge < -0.3 is 14.2 Å². The molecular formula is C22H25F3O4. The van der Waals surface area contributed by atoms with Gasteiger partial charge in [-0.3, -0.25) is 4.79 Å². The van der Waals surface area contributed by atoms with E-state index < -0.39 is 11.7 Å². The molecule has 2 atom stereocenters. The second-order valence-corrected chi connectivity index (χ2v) is 7.16. The third-order valence-electron chi connectivity index (χ3n) is 4.33. The third-order valence-corrected chi connectivity index (χ3v) is 4.33. The molecule has 158 valence electrons. The first-order valence-electron chi connectivity index (χ1n) is 9.34. The molecule has 0 aliphatic carbocycles. The van der Waals surface area contributed by atoms with E-state index in [4.69, 9.17) is 14.2 Å². The largest absolute Gasteiger partial charge is 0.493 e. The number of hydrogen-bond donors (Lipinski definition) is 0. The Labute approximate surface area is 168 Å². The van der Waals surface area contributed by atoms with Gasteiger partial charge in [0.05, 0.1) is 24.2 Å². The van der Waals surface area contributed by atoms with Crippen LogP contribution < -0.4 is 9.47 Å². The number of hydrogen-bond acceptors (Lipinski definition) is 4. The molecule has 4 nitrogen and oxygen atoms in total. The Morgan fingerprint density at radius 3 is 1.83 bits per heavy atom. The van der Waals surface area contributed by atoms with Crippen molar-refractivity contribution in [2.24, 2.45) is 11.8 Å². The summed E-state index contributed by atoms with van der Waals surface area (Å²) in [6.07, 6.45) is -4.53. The van der Waals surface area contributed by atoms with Crippen molar-refractivity contribution in [1.29, 1.82) is 0 Å². The molecular weight excluding hydrogens is 385 g/mol. The van der Waals surface area contributed by atoms with Gasteiger partial charge in [0.2, 0.25) is 0 Å². The highest BCUT2D eigenvalue weighted by molar-refractivity contribution is 5.72. The van der Waals surface area contributed by atoms with Gasteiger partial charge in [-0.15, -0.1) is 0 Å². The summed E-state index contributed by atoms with van der Waals surface area (Å²) >= 11 is 0. The van der Waals surface area contributed by atoms with E-state index in [2.05, 4.69) is 0 Å². The first-order valence-corrected chi connectivity index (χ1v) is 9.34. The molecule has 0 aliphatic heterocycles. The van der Waals surface area contributed by atoms with Crippen LogP contribution in [-0.2, 0) is 15.7 Å². The minimum Gasteiger partial charge on any atom is -0.493 e. The fourth-order valence-electron chi connectivity index (χ4n) is 2.40. The fraction of sp³-hybridized carbons (Fsp3) is 0.409.